The molecule has 0 unspecified atom stereocenters. The fourth-order valence-electron chi connectivity index (χ4n) is 6.26. The number of nitrogens with one attached hydrogen (secondary N) is 3. The van der Waals surface area contributed by atoms with Gasteiger partial charge in [0.2, 0.25) is 11.8 Å². The van der Waals surface area contributed by atoms with Crippen molar-refractivity contribution in [1.29, 1.82) is 0 Å². The lowest BCUT2D eigenvalue weighted by atomic mass is 10.1. The molecule has 66 heavy (non-hydrogen) atoms. The summed E-state index contributed by atoms with van der Waals surface area (Å²) in [5, 5.41) is 13.9. The molecule has 0 aliphatic rings. The number of terminal acetylenes is 1. The molecule has 0 bridgehead atoms. The summed E-state index contributed by atoms with van der Waals surface area (Å²) in [6.07, 6.45) is 8.76. The van der Waals surface area contributed by atoms with Gasteiger partial charge in [-0.2, -0.15) is 10.1 Å². The molecule has 0 spiro atoms. The maximum atomic E-state index is 12.3. The van der Waals surface area contributed by atoms with E-state index in [1.165, 1.54) is 6.33 Å². The molecule has 5 aromatic rings. The summed E-state index contributed by atoms with van der Waals surface area (Å²) in [4.78, 5) is 49.2. The summed E-state index contributed by atoms with van der Waals surface area (Å²) < 4.78 is 45.6. The molecule has 0 atom stereocenters. The molecule has 0 saturated heterocycles. The van der Waals surface area contributed by atoms with Crippen LogP contribution in [0.3, 0.4) is 0 Å². The first-order valence-corrected chi connectivity index (χ1v) is 21.9. The first kappa shape index (κ1) is 50.7. The van der Waals surface area contributed by atoms with E-state index < -0.39 is 0 Å². The molecule has 0 fully saturated rings. The van der Waals surface area contributed by atoms with E-state index in [4.69, 9.17) is 60.6 Å². The summed E-state index contributed by atoms with van der Waals surface area (Å²) >= 11 is 0. The van der Waals surface area contributed by atoms with E-state index in [0.29, 0.717) is 157 Å². The second kappa shape index (κ2) is 29.3. The van der Waals surface area contributed by atoms with Crippen LogP contribution in [0.15, 0.2) is 53.2 Å². The third-order valence-corrected chi connectivity index (χ3v) is 9.55. The van der Waals surface area contributed by atoms with Gasteiger partial charge in [0.1, 0.15) is 23.4 Å². The molecule has 3 aromatic heterocycles. The summed E-state index contributed by atoms with van der Waals surface area (Å²) in [7, 11) is 0. The number of unbranched alkanes of at least 4 members (excludes halogenated alkanes) is 1. The highest BCUT2D eigenvalue weighted by Gasteiger charge is 2.18. The van der Waals surface area contributed by atoms with Gasteiger partial charge in [0, 0.05) is 55.7 Å². The third kappa shape index (κ3) is 18.0. The molecule has 356 valence electrons. The first-order valence-electron chi connectivity index (χ1n) is 21.9. The Balaban J connectivity index is 0.742. The molecule has 0 aliphatic carbocycles. The number of aromatic nitrogens is 5. The van der Waals surface area contributed by atoms with Crippen molar-refractivity contribution in [2.45, 2.75) is 32.2 Å². The van der Waals surface area contributed by atoms with Crippen molar-refractivity contribution < 1.29 is 52.0 Å². The Hall–Kier alpha value is -6.25. The zero-order chi connectivity index (χ0) is 46.6. The van der Waals surface area contributed by atoms with Crippen LogP contribution in [0.2, 0.25) is 0 Å². The van der Waals surface area contributed by atoms with Crippen LogP contribution in [0.4, 0.5) is 11.8 Å². The number of amides is 3. The Kier molecular flexibility index (Phi) is 22.5. The van der Waals surface area contributed by atoms with Crippen LogP contribution in [-0.4, -0.2) is 155 Å². The Morgan fingerprint density at radius 3 is 1.91 bits per heavy atom. The van der Waals surface area contributed by atoms with Gasteiger partial charge < -0.3 is 65.0 Å². The lowest BCUT2D eigenvalue weighted by Crippen LogP contribution is -2.28. The Morgan fingerprint density at radius 2 is 1.27 bits per heavy atom. The van der Waals surface area contributed by atoms with Crippen LogP contribution in [0.5, 0.6) is 0 Å². The van der Waals surface area contributed by atoms with Gasteiger partial charge in [-0.25, -0.2) is 14.6 Å². The van der Waals surface area contributed by atoms with Gasteiger partial charge in [0.15, 0.2) is 11.2 Å². The SMILES string of the molecule is C#Cc1cccc(C(=O)NCCOCCOCCOCCC(=O)NCCOCCOCCOCCOCCC(=O)NCCCCn2nc(-c3ccc4oc(N)nc4c3)c3c(N)ncnc32)c1. The predicted molar refractivity (Wildman–Crippen MR) is 244 cm³/mol. The fourth-order valence-corrected chi connectivity index (χ4v) is 6.26. The topological polar surface area (TPSA) is 274 Å². The van der Waals surface area contributed by atoms with Crippen LogP contribution in [0, 0.1) is 12.3 Å². The second-order valence-corrected chi connectivity index (χ2v) is 14.4. The second-order valence-electron chi connectivity index (χ2n) is 14.4. The highest BCUT2D eigenvalue weighted by molar-refractivity contribution is 5.99. The number of benzene rings is 2. The van der Waals surface area contributed by atoms with Crippen LogP contribution >= 0.6 is 0 Å². The number of rotatable bonds is 34. The number of nitrogens with two attached hydrogens (primary N) is 2. The number of aryl methyl sites for hydroxylation is 1. The number of hydrogen-bond acceptors (Lipinski definition) is 17. The summed E-state index contributed by atoms with van der Waals surface area (Å²) in [6.45, 7) is 6.99. The molecule has 0 aliphatic heterocycles. The third-order valence-electron chi connectivity index (χ3n) is 9.55. The number of carbonyl (C=O) groups excluding carboxylic acids is 3. The molecular formula is C45H60N10O11. The predicted octanol–water partition coefficient (Wildman–Crippen LogP) is 2.12. The Morgan fingerprint density at radius 1 is 0.682 bits per heavy atom. The van der Waals surface area contributed by atoms with Crippen molar-refractivity contribution >= 4 is 51.7 Å². The molecule has 21 heteroatoms. The molecule has 3 heterocycles. The van der Waals surface area contributed by atoms with E-state index in [9.17, 15) is 14.4 Å². The highest BCUT2D eigenvalue weighted by Crippen LogP contribution is 2.32. The summed E-state index contributed by atoms with van der Waals surface area (Å²) in [5.74, 6) is 2.41. The van der Waals surface area contributed by atoms with Crippen molar-refractivity contribution in [2.24, 2.45) is 0 Å². The van der Waals surface area contributed by atoms with Crippen molar-refractivity contribution in [1.82, 2.24) is 40.7 Å². The smallest absolute Gasteiger partial charge is 0.292 e. The maximum Gasteiger partial charge on any atom is 0.292 e. The van der Waals surface area contributed by atoms with Crippen LogP contribution in [0.1, 0.15) is 41.6 Å². The molecule has 0 saturated carbocycles. The van der Waals surface area contributed by atoms with E-state index in [1.54, 1.807) is 35.0 Å². The van der Waals surface area contributed by atoms with Crippen molar-refractivity contribution in [3.05, 3.63) is 59.9 Å². The lowest BCUT2D eigenvalue weighted by Gasteiger charge is -2.09. The number of fused-ring (bicyclic) bond motifs is 2. The molecule has 5 rings (SSSR count). The zero-order valence-corrected chi connectivity index (χ0v) is 37.1. The van der Waals surface area contributed by atoms with E-state index in [1.807, 2.05) is 12.1 Å². The van der Waals surface area contributed by atoms with Crippen molar-refractivity contribution in [2.75, 3.05) is 124 Å². The number of nitrogens with zero attached hydrogens (tertiary/aromatic N) is 5. The van der Waals surface area contributed by atoms with Gasteiger partial charge >= 0.3 is 0 Å². The number of nitrogen functional groups attached to an aromatic ring is 2. The van der Waals surface area contributed by atoms with Gasteiger partial charge in [-0.05, 0) is 49.2 Å². The number of ether oxygens (including phenoxy) is 7. The lowest BCUT2D eigenvalue weighted by molar-refractivity contribution is -0.123. The minimum absolute atomic E-state index is 0.0870. The largest absolute Gasteiger partial charge is 0.424 e. The van der Waals surface area contributed by atoms with Gasteiger partial charge in [-0.15, -0.1) is 6.42 Å². The van der Waals surface area contributed by atoms with Crippen molar-refractivity contribution in [3.8, 4) is 23.6 Å². The van der Waals surface area contributed by atoms with E-state index in [2.05, 4.69) is 36.8 Å². The molecule has 2 aromatic carbocycles. The molecule has 3 amide bonds. The minimum Gasteiger partial charge on any atom is -0.424 e. The van der Waals surface area contributed by atoms with Gasteiger partial charge in [-0.3, -0.25) is 14.4 Å². The van der Waals surface area contributed by atoms with E-state index in [-0.39, 0.29) is 43.2 Å². The van der Waals surface area contributed by atoms with Crippen molar-refractivity contribution in [3.63, 3.8) is 0 Å². The highest BCUT2D eigenvalue weighted by atomic mass is 16.6. The molecule has 21 nitrogen and oxygen atoms in total. The van der Waals surface area contributed by atoms with Gasteiger partial charge in [0.05, 0.1) is 97.9 Å². The molecular weight excluding hydrogens is 857 g/mol. The Bertz CT molecular complexity index is 2300. The van der Waals surface area contributed by atoms with Crippen LogP contribution < -0.4 is 27.4 Å². The fraction of sp³-hybridized carbons (Fsp3) is 0.489. The summed E-state index contributed by atoms with van der Waals surface area (Å²) in [5.41, 5.74) is 16.3. The first-order chi connectivity index (χ1) is 32.3. The monoisotopic (exact) mass is 916 g/mol. The zero-order valence-electron chi connectivity index (χ0n) is 37.1. The maximum absolute atomic E-state index is 12.3. The standard InChI is InChI=1S/C45H60N10O11/c1-2-33-6-5-7-35(30-33)44(58)50-14-19-62-23-27-63-24-20-60-17-11-39(57)49-13-18-61-22-26-65-29-28-64-25-21-59-16-10-38(56)48-12-3-4-15-55-43-40(42(46)51-32-52-43)41(54-55)34-8-9-37-36(31-34)53-45(47)66-37/h1,5-9,30-32H,3-4,10-29H2,(H2,47,53)(H,48,56)(H,49,57)(H,50,58)(H2,46,51,52). The van der Waals surface area contributed by atoms with E-state index >= 15 is 0 Å². The molecule has 0 radical (unpaired) electrons. The number of anilines is 2. The molecule has 7 N–H and O–H groups in total. The quantitative estimate of drug-likeness (QED) is 0.0292. The minimum atomic E-state index is -0.209. The number of oxazole rings is 1. The van der Waals surface area contributed by atoms with Gasteiger partial charge in [0.25, 0.3) is 11.9 Å². The van der Waals surface area contributed by atoms with E-state index in [0.717, 1.165) is 18.4 Å². The van der Waals surface area contributed by atoms with Crippen LogP contribution in [-0.2, 0) is 49.3 Å². The number of hydrogen-bond donors (Lipinski definition) is 5. The normalized spacial score (nSPS) is 11.3. The average molecular weight is 917 g/mol. The Labute approximate surface area is 382 Å². The van der Waals surface area contributed by atoms with Crippen LogP contribution in [0.25, 0.3) is 33.4 Å². The average Bonchev–Trinajstić information content (AvgIpc) is 3.90. The summed E-state index contributed by atoms with van der Waals surface area (Å²) in [6, 6.07) is 12.4. The van der Waals surface area contributed by atoms with Gasteiger partial charge in [-0.1, -0.05) is 12.0 Å². The number of carbonyl (C=O) groups is 3.